The first-order valence-corrected chi connectivity index (χ1v) is 8.45. The minimum absolute atomic E-state index is 0.0291. The Hall–Kier alpha value is -0.220. The van der Waals surface area contributed by atoms with E-state index in [1.807, 2.05) is 11.8 Å². The fourth-order valence-electron chi connectivity index (χ4n) is 3.45. The van der Waals surface area contributed by atoms with Crippen molar-refractivity contribution in [2.75, 3.05) is 5.75 Å². The number of rotatable bonds is 1. The van der Waals surface area contributed by atoms with Crippen LogP contribution in [-0.4, -0.2) is 27.7 Å². The summed E-state index contributed by atoms with van der Waals surface area (Å²) in [5.41, 5.74) is 0.372. The van der Waals surface area contributed by atoms with Crippen LogP contribution < -0.4 is 5.32 Å². The van der Waals surface area contributed by atoms with Gasteiger partial charge >= 0.3 is 5.97 Å². The van der Waals surface area contributed by atoms with Crippen molar-refractivity contribution < 1.29 is 9.90 Å². The van der Waals surface area contributed by atoms with E-state index >= 15 is 0 Å². The van der Waals surface area contributed by atoms with Crippen LogP contribution in [0.15, 0.2) is 0 Å². The van der Waals surface area contributed by atoms with Crippen LogP contribution in [0.3, 0.4) is 0 Å². The van der Waals surface area contributed by atoms with Crippen LogP contribution in [-0.2, 0) is 4.79 Å². The first-order chi connectivity index (χ1) is 8.82. The van der Waals surface area contributed by atoms with Crippen molar-refractivity contribution in [3.63, 3.8) is 0 Å². The molecule has 0 radical (unpaired) electrons. The molecule has 0 amide bonds. The molecule has 3 nitrogen and oxygen atoms in total. The molecule has 1 spiro atoms. The Morgan fingerprint density at radius 1 is 1.26 bits per heavy atom. The summed E-state index contributed by atoms with van der Waals surface area (Å²) in [6.07, 6.45) is 6.71. The maximum absolute atomic E-state index is 11.2. The highest BCUT2D eigenvalue weighted by Crippen LogP contribution is 2.45. The highest BCUT2D eigenvalue weighted by Gasteiger charge is 2.41. The van der Waals surface area contributed by atoms with E-state index in [2.05, 4.69) is 26.1 Å². The molecule has 0 aromatic heterocycles. The summed E-state index contributed by atoms with van der Waals surface area (Å²) in [4.78, 5) is 11.2. The molecule has 0 aromatic carbocycles. The van der Waals surface area contributed by atoms with Crippen molar-refractivity contribution in [2.45, 2.75) is 70.2 Å². The Labute approximate surface area is 120 Å². The van der Waals surface area contributed by atoms with E-state index in [0.717, 1.165) is 30.9 Å². The lowest BCUT2D eigenvalue weighted by molar-refractivity contribution is -0.140. The van der Waals surface area contributed by atoms with E-state index in [4.69, 9.17) is 0 Å². The lowest BCUT2D eigenvalue weighted by Gasteiger charge is -2.40. The second kappa shape index (κ2) is 5.65. The Kier molecular flexibility index (Phi) is 4.51. The van der Waals surface area contributed by atoms with Crippen LogP contribution in [0.5, 0.6) is 0 Å². The van der Waals surface area contributed by atoms with Crippen LogP contribution in [0.1, 0.15) is 59.3 Å². The van der Waals surface area contributed by atoms with E-state index in [1.165, 1.54) is 19.3 Å². The molecule has 0 bridgehead atoms. The van der Waals surface area contributed by atoms with Gasteiger partial charge in [0, 0.05) is 0 Å². The van der Waals surface area contributed by atoms with E-state index < -0.39 is 5.97 Å². The first kappa shape index (κ1) is 15.2. The van der Waals surface area contributed by atoms with Gasteiger partial charge in [-0.25, -0.2) is 0 Å². The Morgan fingerprint density at radius 3 is 2.63 bits per heavy atom. The molecule has 19 heavy (non-hydrogen) atoms. The molecular formula is C15H27NO2S. The lowest BCUT2D eigenvalue weighted by Crippen LogP contribution is -2.54. The fourth-order valence-corrected chi connectivity index (χ4v) is 4.97. The molecule has 1 aliphatic carbocycles. The average molecular weight is 285 g/mol. The molecule has 2 N–H and O–H groups in total. The number of hydrogen-bond acceptors (Lipinski definition) is 3. The zero-order valence-electron chi connectivity index (χ0n) is 12.4. The van der Waals surface area contributed by atoms with Gasteiger partial charge in [-0.2, -0.15) is 0 Å². The molecular weight excluding hydrogens is 258 g/mol. The third-order valence-corrected chi connectivity index (χ3v) is 6.29. The SMILES string of the molecule is CC(C)(C)C1CCCC2(CC1)NC(C(=O)O)CCS2. The van der Waals surface area contributed by atoms with Gasteiger partial charge in [-0.3, -0.25) is 10.1 Å². The highest BCUT2D eigenvalue weighted by molar-refractivity contribution is 8.00. The molecule has 110 valence electrons. The standard InChI is InChI=1S/C15H27NO2S/c1-14(2,3)11-5-4-8-15(9-6-11)16-12(13(17)18)7-10-19-15/h11-12,16H,4-10H2,1-3H3,(H,17,18). The van der Waals surface area contributed by atoms with Crippen molar-refractivity contribution in [1.82, 2.24) is 5.32 Å². The minimum atomic E-state index is -0.684. The number of carboxylic acids is 1. The van der Waals surface area contributed by atoms with Crippen molar-refractivity contribution in [3.8, 4) is 0 Å². The number of nitrogens with one attached hydrogen (secondary N) is 1. The second-order valence-electron chi connectivity index (χ2n) is 7.16. The molecule has 2 rings (SSSR count). The van der Waals surface area contributed by atoms with Crippen molar-refractivity contribution in [3.05, 3.63) is 0 Å². The van der Waals surface area contributed by atoms with Gasteiger partial charge < -0.3 is 5.11 Å². The molecule has 4 heteroatoms. The molecule has 2 aliphatic rings. The summed E-state index contributed by atoms with van der Waals surface area (Å²) in [5.74, 6) is 1.06. The van der Waals surface area contributed by atoms with E-state index in [0.29, 0.717) is 5.41 Å². The van der Waals surface area contributed by atoms with Crippen LogP contribution >= 0.6 is 11.8 Å². The van der Waals surface area contributed by atoms with Gasteiger partial charge in [-0.05, 0) is 49.2 Å². The molecule has 3 unspecified atom stereocenters. The summed E-state index contributed by atoms with van der Waals surface area (Å²) < 4.78 is 0. The number of carbonyl (C=O) groups is 1. The highest BCUT2D eigenvalue weighted by atomic mass is 32.2. The third kappa shape index (κ3) is 3.66. The van der Waals surface area contributed by atoms with Gasteiger partial charge in [0.05, 0.1) is 4.87 Å². The summed E-state index contributed by atoms with van der Waals surface area (Å²) in [6.45, 7) is 6.99. The van der Waals surface area contributed by atoms with Gasteiger partial charge in [0.1, 0.15) is 6.04 Å². The quantitative estimate of drug-likeness (QED) is 0.774. The predicted octanol–water partition coefficient (Wildman–Crippen LogP) is 3.49. The monoisotopic (exact) mass is 285 g/mol. The predicted molar refractivity (Wildman–Crippen MR) is 80.4 cm³/mol. The summed E-state index contributed by atoms with van der Waals surface area (Å²) in [6, 6.07) is -0.340. The summed E-state index contributed by atoms with van der Waals surface area (Å²) in [7, 11) is 0. The average Bonchev–Trinajstić information content (AvgIpc) is 2.51. The first-order valence-electron chi connectivity index (χ1n) is 7.47. The lowest BCUT2D eigenvalue weighted by atomic mass is 9.76. The Bertz CT molecular complexity index is 340. The van der Waals surface area contributed by atoms with Gasteiger partial charge in [-0.1, -0.05) is 27.2 Å². The molecule has 1 saturated heterocycles. The summed E-state index contributed by atoms with van der Waals surface area (Å²) in [5, 5.41) is 12.7. The molecule has 1 aliphatic heterocycles. The molecule has 0 aromatic rings. The van der Waals surface area contributed by atoms with E-state index in [9.17, 15) is 9.90 Å². The van der Waals surface area contributed by atoms with Crippen LogP contribution in [0.2, 0.25) is 0 Å². The molecule has 3 atom stereocenters. The minimum Gasteiger partial charge on any atom is -0.480 e. The molecule has 2 fully saturated rings. The Balaban J connectivity index is 2.03. The number of thioether (sulfide) groups is 1. The van der Waals surface area contributed by atoms with Crippen LogP contribution in [0, 0.1) is 11.3 Å². The zero-order valence-corrected chi connectivity index (χ0v) is 13.2. The number of carboxylic acid groups (broad SMARTS) is 1. The van der Waals surface area contributed by atoms with Crippen molar-refractivity contribution >= 4 is 17.7 Å². The van der Waals surface area contributed by atoms with Gasteiger partial charge in [-0.15, -0.1) is 11.8 Å². The van der Waals surface area contributed by atoms with Gasteiger partial charge in [0.25, 0.3) is 0 Å². The topological polar surface area (TPSA) is 49.3 Å². The smallest absolute Gasteiger partial charge is 0.320 e. The van der Waals surface area contributed by atoms with E-state index in [1.54, 1.807) is 0 Å². The normalized spacial score (nSPS) is 37.0. The largest absolute Gasteiger partial charge is 0.480 e. The van der Waals surface area contributed by atoms with Crippen molar-refractivity contribution in [2.24, 2.45) is 11.3 Å². The second-order valence-corrected chi connectivity index (χ2v) is 8.64. The van der Waals surface area contributed by atoms with Gasteiger partial charge in [0.15, 0.2) is 0 Å². The Morgan fingerprint density at radius 2 is 2.00 bits per heavy atom. The van der Waals surface area contributed by atoms with Gasteiger partial charge in [0.2, 0.25) is 0 Å². The van der Waals surface area contributed by atoms with Crippen molar-refractivity contribution in [1.29, 1.82) is 0 Å². The number of aliphatic carboxylic acids is 1. The molecule has 1 saturated carbocycles. The maximum Gasteiger partial charge on any atom is 0.320 e. The third-order valence-electron chi connectivity index (χ3n) is 4.77. The fraction of sp³-hybridized carbons (Fsp3) is 0.933. The summed E-state index contributed by atoms with van der Waals surface area (Å²) >= 11 is 1.96. The maximum atomic E-state index is 11.2. The molecule has 1 heterocycles. The van der Waals surface area contributed by atoms with E-state index in [-0.39, 0.29) is 10.9 Å². The zero-order chi connectivity index (χ0) is 14.1. The van der Waals surface area contributed by atoms with Crippen LogP contribution in [0.25, 0.3) is 0 Å². The number of hydrogen-bond donors (Lipinski definition) is 2. The van der Waals surface area contributed by atoms with Crippen LogP contribution in [0.4, 0.5) is 0 Å².